The van der Waals surface area contributed by atoms with Crippen molar-refractivity contribution in [3.8, 4) is 0 Å². The third-order valence-electron chi connectivity index (χ3n) is 2.74. The predicted octanol–water partition coefficient (Wildman–Crippen LogP) is 1.46. The zero-order valence-corrected chi connectivity index (χ0v) is 7.83. The van der Waals surface area contributed by atoms with Gasteiger partial charge < -0.3 is 5.32 Å². The molecule has 1 N–H and O–H groups in total. The van der Waals surface area contributed by atoms with Crippen LogP contribution in [0.5, 0.6) is 0 Å². The van der Waals surface area contributed by atoms with Crippen LogP contribution in [0.1, 0.15) is 6.42 Å². The molecule has 0 saturated carbocycles. The van der Waals surface area contributed by atoms with Gasteiger partial charge >= 0.3 is 0 Å². The first-order valence-corrected chi connectivity index (χ1v) is 6.14. The molecule has 0 aromatic carbocycles. The smallest absolute Gasteiger partial charge is 0.0412 e. The minimum Gasteiger partial charge on any atom is -0.305 e. The van der Waals surface area contributed by atoms with Crippen molar-refractivity contribution in [1.82, 2.24) is 5.32 Å². The van der Waals surface area contributed by atoms with Gasteiger partial charge in [0.1, 0.15) is 0 Å². The summed E-state index contributed by atoms with van der Waals surface area (Å²) in [6.45, 7) is 0. The number of hydrogen-bond acceptors (Lipinski definition) is 3. The third kappa shape index (κ3) is 0.910. The summed E-state index contributed by atoms with van der Waals surface area (Å²) in [5.74, 6) is 1.37. The minimum atomic E-state index is 0.697. The van der Waals surface area contributed by atoms with Gasteiger partial charge in [-0.15, -0.1) is 11.8 Å². The summed E-state index contributed by atoms with van der Waals surface area (Å²) in [5, 5.41) is 7.70. The van der Waals surface area contributed by atoms with Gasteiger partial charge in [-0.3, -0.25) is 0 Å². The molecule has 0 radical (unpaired) electrons. The van der Waals surface area contributed by atoms with Gasteiger partial charge in [0.15, 0.2) is 0 Å². The van der Waals surface area contributed by atoms with Gasteiger partial charge in [-0.25, -0.2) is 0 Å². The zero-order valence-electron chi connectivity index (χ0n) is 6.19. The molecule has 0 bridgehead atoms. The molecule has 60 valence electrons. The molecule has 4 unspecified atom stereocenters. The van der Waals surface area contributed by atoms with Crippen molar-refractivity contribution in [2.45, 2.75) is 29.0 Å². The highest BCUT2D eigenvalue weighted by atomic mass is 32.2. The molecular weight excluding hydrogens is 174 g/mol. The summed E-state index contributed by atoms with van der Waals surface area (Å²) >= 11 is 4.19. The molecular formula is C8H11NS2. The summed E-state index contributed by atoms with van der Waals surface area (Å²) in [4.78, 5) is 0. The van der Waals surface area contributed by atoms with Crippen LogP contribution in [0.15, 0.2) is 11.5 Å². The SMILES string of the molecule is C1=CC2NC3CCSC3C2S1. The van der Waals surface area contributed by atoms with Gasteiger partial charge in [0.25, 0.3) is 0 Å². The number of thioether (sulfide) groups is 2. The zero-order chi connectivity index (χ0) is 7.26. The molecule has 0 aromatic heterocycles. The second-order valence-corrected chi connectivity index (χ2v) is 5.73. The minimum absolute atomic E-state index is 0.697. The molecule has 3 rings (SSSR count). The van der Waals surface area contributed by atoms with E-state index in [-0.39, 0.29) is 0 Å². The fourth-order valence-corrected chi connectivity index (χ4v) is 5.23. The quantitative estimate of drug-likeness (QED) is 0.613. The van der Waals surface area contributed by atoms with Crippen molar-refractivity contribution in [2.75, 3.05) is 5.75 Å². The van der Waals surface area contributed by atoms with Crippen LogP contribution in [-0.4, -0.2) is 28.3 Å². The van der Waals surface area contributed by atoms with Gasteiger partial charge in [0.05, 0.1) is 0 Å². The van der Waals surface area contributed by atoms with Crippen molar-refractivity contribution in [2.24, 2.45) is 0 Å². The summed E-state index contributed by atoms with van der Waals surface area (Å²) in [6.07, 6.45) is 3.71. The van der Waals surface area contributed by atoms with Gasteiger partial charge in [-0.05, 0) is 17.6 Å². The highest BCUT2D eigenvalue weighted by molar-refractivity contribution is 8.05. The molecule has 4 atom stereocenters. The molecule has 0 spiro atoms. The largest absolute Gasteiger partial charge is 0.305 e. The lowest BCUT2D eigenvalue weighted by Crippen LogP contribution is -2.29. The summed E-state index contributed by atoms with van der Waals surface area (Å²) in [5.41, 5.74) is 0. The van der Waals surface area contributed by atoms with E-state index in [1.165, 1.54) is 12.2 Å². The van der Waals surface area contributed by atoms with E-state index in [0.29, 0.717) is 6.04 Å². The first-order chi connectivity index (χ1) is 5.45. The lowest BCUT2D eigenvalue weighted by Gasteiger charge is -2.12. The van der Waals surface area contributed by atoms with Crippen LogP contribution in [0.3, 0.4) is 0 Å². The van der Waals surface area contributed by atoms with Crippen LogP contribution < -0.4 is 5.32 Å². The predicted molar refractivity (Wildman–Crippen MR) is 52.1 cm³/mol. The molecule has 0 aliphatic carbocycles. The number of fused-ring (bicyclic) bond motifs is 3. The molecule has 2 fully saturated rings. The molecule has 11 heavy (non-hydrogen) atoms. The maximum Gasteiger partial charge on any atom is 0.0412 e. The Labute approximate surface area is 75.4 Å². The Balaban J connectivity index is 1.87. The Morgan fingerprint density at radius 2 is 2.36 bits per heavy atom. The normalized spacial score (nSPS) is 53.1. The third-order valence-corrected chi connectivity index (χ3v) is 5.61. The van der Waals surface area contributed by atoms with E-state index in [2.05, 4.69) is 28.6 Å². The second-order valence-electron chi connectivity index (χ2n) is 3.35. The van der Waals surface area contributed by atoms with Crippen molar-refractivity contribution >= 4 is 23.5 Å². The molecule has 2 saturated heterocycles. The van der Waals surface area contributed by atoms with Gasteiger partial charge in [0, 0.05) is 22.6 Å². The highest BCUT2D eigenvalue weighted by Crippen LogP contribution is 2.44. The first kappa shape index (κ1) is 6.87. The fourth-order valence-electron chi connectivity index (χ4n) is 2.21. The molecule has 1 nitrogen and oxygen atoms in total. The number of rotatable bonds is 0. The Morgan fingerprint density at radius 3 is 3.36 bits per heavy atom. The Kier molecular flexibility index (Phi) is 1.52. The molecule has 3 aliphatic heterocycles. The van der Waals surface area contributed by atoms with E-state index in [1.54, 1.807) is 0 Å². The topological polar surface area (TPSA) is 12.0 Å². The van der Waals surface area contributed by atoms with Crippen LogP contribution in [0, 0.1) is 0 Å². The van der Waals surface area contributed by atoms with E-state index < -0.39 is 0 Å². The fraction of sp³-hybridized carbons (Fsp3) is 0.750. The first-order valence-electron chi connectivity index (χ1n) is 4.15. The molecule has 3 heteroatoms. The maximum absolute atomic E-state index is 3.69. The van der Waals surface area contributed by atoms with E-state index in [1.807, 2.05) is 11.8 Å². The molecule has 3 aliphatic rings. The summed E-state index contributed by atoms with van der Waals surface area (Å²) in [6, 6.07) is 1.52. The number of hydrogen-bond donors (Lipinski definition) is 1. The monoisotopic (exact) mass is 185 g/mol. The van der Waals surface area contributed by atoms with Crippen LogP contribution in [-0.2, 0) is 0 Å². The lowest BCUT2D eigenvalue weighted by atomic mass is 10.1. The van der Waals surface area contributed by atoms with Crippen molar-refractivity contribution < 1.29 is 0 Å². The van der Waals surface area contributed by atoms with E-state index in [0.717, 1.165) is 16.5 Å². The molecule has 3 heterocycles. The van der Waals surface area contributed by atoms with Crippen molar-refractivity contribution in [1.29, 1.82) is 0 Å². The van der Waals surface area contributed by atoms with Crippen LogP contribution in [0.2, 0.25) is 0 Å². The van der Waals surface area contributed by atoms with Gasteiger partial charge in [0.2, 0.25) is 0 Å². The van der Waals surface area contributed by atoms with Gasteiger partial charge in [-0.2, -0.15) is 11.8 Å². The van der Waals surface area contributed by atoms with Crippen molar-refractivity contribution in [3.63, 3.8) is 0 Å². The highest BCUT2D eigenvalue weighted by Gasteiger charge is 2.46. The van der Waals surface area contributed by atoms with Crippen LogP contribution >= 0.6 is 23.5 Å². The van der Waals surface area contributed by atoms with Crippen molar-refractivity contribution in [3.05, 3.63) is 11.5 Å². The standard InChI is InChI=1S/C8H11NS2/c1-3-10-7-5(1)9-6-2-4-11-8(6)7/h1,3,5-9H,2,4H2. The van der Waals surface area contributed by atoms with E-state index in [9.17, 15) is 0 Å². The molecule has 0 amide bonds. The van der Waals surface area contributed by atoms with E-state index >= 15 is 0 Å². The Morgan fingerprint density at radius 1 is 1.36 bits per heavy atom. The molecule has 0 aromatic rings. The average Bonchev–Trinajstić information content (AvgIpc) is 2.52. The van der Waals surface area contributed by atoms with Crippen LogP contribution in [0.25, 0.3) is 0 Å². The number of nitrogens with one attached hydrogen (secondary N) is 1. The Bertz CT molecular complexity index is 204. The average molecular weight is 185 g/mol. The summed E-state index contributed by atoms with van der Waals surface area (Å²) < 4.78 is 0. The van der Waals surface area contributed by atoms with Crippen LogP contribution in [0.4, 0.5) is 0 Å². The van der Waals surface area contributed by atoms with E-state index in [4.69, 9.17) is 0 Å². The summed E-state index contributed by atoms with van der Waals surface area (Å²) in [7, 11) is 0. The Hall–Kier alpha value is 0.400. The second kappa shape index (κ2) is 2.44. The maximum atomic E-state index is 3.69. The van der Waals surface area contributed by atoms with Gasteiger partial charge in [-0.1, -0.05) is 6.08 Å². The lowest BCUT2D eigenvalue weighted by molar-refractivity contribution is 0.589.